The first kappa shape index (κ1) is 28.5. The van der Waals surface area contributed by atoms with E-state index in [2.05, 4.69) is 15.0 Å². The van der Waals surface area contributed by atoms with Crippen LogP contribution < -0.4 is 9.47 Å². The second-order valence-electron chi connectivity index (χ2n) is 9.82. The molecule has 0 unspecified atom stereocenters. The lowest BCUT2D eigenvalue weighted by Crippen LogP contribution is -2.17. The van der Waals surface area contributed by atoms with Crippen molar-refractivity contribution in [1.82, 2.24) is 15.0 Å². The number of aromatic nitrogens is 3. The molecule has 0 radical (unpaired) electrons. The smallest absolute Gasteiger partial charge is 0.416 e. The van der Waals surface area contributed by atoms with Crippen molar-refractivity contribution >= 4 is 9.84 Å². The first-order chi connectivity index (χ1) is 19.4. The Hall–Kier alpha value is -4.06. The molecule has 5 rings (SSSR count). The molecule has 1 aliphatic rings. The highest BCUT2D eigenvalue weighted by Crippen LogP contribution is 2.44. The van der Waals surface area contributed by atoms with Crippen LogP contribution in [-0.4, -0.2) is 36.1 Å². The number of alkyl halides is 3. The number of sulfone groups is 1. The molecule has 7 nitrogen and oxygen atoms in total. The zero-order chi connectivity index (χ0) is 29.4. The molecule has 2 aromatic heterocycles. The number of nitrogens with zero attached hydrogens (tertiary/aromatic N) is 3. The third kappa shape index (κ3) is 6.32. The van der Waals surface area contributed by atoms with Gasteiger partial charge in [-0.15, -0.1) is 0 Å². The fraction of sp³-hybridized carbons (Fsp3) is 0.276. The largest absolute Gasteiger partial charge is 0.493 e. The van der Waals surface area contributed by atoms with Crippen LogP contribution in [0, 0.1) is 5.82 Å². The van der Waals surface area contributed by atoms with E-state index >= 15 is 0 Å². The Bertz CT molecular complexity index is 1660. The minimum atomic E-state index is -4.55. The predicted molar refractivity (Wildman–Crippen MR) is 142 cm³/mol. The minimum absolute atomic E-state index is 0.0394. The third-order valence-corrected chi connectivity index (χ3v) is 8.15. The van der Waals surface area contributed by atoms with E-state index in [1.807, 2.05) is 13.8 Å². The van der Waals surface area contributed by atoms with Crippen LogP contribution in [0.15, 0.2) is 72.0 Å². The minimum Gasteiger partial charge on any atom is -0.493 e. The highest BCUT2D eigenvalue weighted by atomic mass is 32.2. The highest BCUT2D eigenvalue weighted by molar-refractivity contribution is 7.90. The summed E-state index contributed by atoms with van der Waals surface area (Å²) >= 11 is 0. The lowest BCUT2D eigenvalue weighted by atomic mass is 9.82. The van der Waals surface area contributed by atoms with Gasteiger partial charge in [0.1, 0.15) is 17.3 Å². The van der Waals surface area contributed by atoms with E-state index in [4.69, 9.17) is 9.47 Å². The fourth-order valence-electron chi connectivity index (χ4n) is 4.69. The molecule has 1 atom stereocenters. The van der Waals surface area contributed by atoms with Gasteiger partial charge < -0.3 is 9.47 Å². The van der Waals surface area contributed by atoms with E-state index in [0.29, 0.717) is 40.3 Å². The molecule has 0 spiro atoms. The molecule has 4 aromatic rings. The van der Waals surface area contributed by atoms with Gasteiger partial charge >= 0.3 is 6.18 Å². The number of fused-ring (bicyclic) bond motifs is 1. The highest BCUT2D eigenvalue weighted by Gasteiger charge is 2.33. The molecule has 0 aliphatic carbocycles. The number of halogens is 4. The van der Waals surface area contributed by atoms with Crippen molar-refractivity contribution in [3.8, 4) is 22.8 Å². The number of hydrogen-bond acceptors (Lipinski definition) is 7. The van der Waals surface area contributed by atoms with Crippen molar-refractivity contribution in [3.05, 3.63) is 95.5 Å². The van der Waals surface area contributed by atoms with Crippen LogP contribution in [0.3, 0.4) is 0 Å². The Kier molecular flexibility index (Phi) is 7.69. The van der Waals surface area contributed by atoms with Gasteiger partial charge in [-0.3, -0.25) is 0 Å². The van der Waals surface area contributed by atoms with Crippen molar-refractivity contribution < 1.29 is 35.5 Å². The topological polar surface area (TPSA) is 91.3 Å². The average Bonchev–Trinajstić information content (AvgIpc) is 2.93. The Morgan fingerprint density at radius 3 is 2.37 bits per heavy atom. The standard InChI is InChI=1S/C29H25F4N3O4S/c1-17(2)40-28-8-3-18(13-36-28)25-11-19(29(31,32)33)4-6-22(25)23-9-10-39-26-12-21(5-7-24(23)26)41(37,38)16-27-34-14-20(30)15-35-27/h3-8,11-15,17,23H,9-10,16H2,1-2H3/t23-/m1/s1. The molecular weight excluding hydrogens is 562 g/mol. The fourth-order valence-corrected chi connectivity index (χ4v) is 5.91. The van der Waals surface area contributed by atoms with Crippen molar-refractivity contribution in [2.45, 2.75) is 49.1 Å². The molecule has 0 amide bonds. The van der Waals surface area contributed by atoms with Crippen LogP contribution in [0.4, 0.5) is 17.6 Å². The Balaban J connectivity index is 1.53. The van der Waals surface area contributed by atoms with Crippen LogP contribution >= 0.6 is 0 Å². The first-order valence-electron chi connectivity index (χ1n) is 12.7. The molecule has 3 heterocycles. The molecule has 0 saturated heterocycles. The van der Waals surface area contributed by atoms with Gasteiger partial charge in [-0.05, 0) is 61.7 Å². The van der Waals surface area contributed by atoms with Gasteiger partial charge in [0.05, 0.1) is 35.6 Å². The maximum absolute atomic E-state index is 13.7. The quantitative estimate of drug-likeness (QED) is 0.232. The van der Waals surface area contributed by atoms with Crippen molar-refractivity contribution in [2.75, 3.05) is 6.61 Å². The maximum atomic E-state index is 13.7. The SMILES string of the molecule is CC(C)Oc1ccc(-c2cc(C(F)(F)F)ccc2[C@H]2CCOc3cc(S(=O)(=O)Cc4ncc(F)cn4)ccc32)cn1. The van der Waals surface area contributed by atoms with E-state index in [0.717, 1.165) is 24.5 Å². The van der Waals surface area contributed by atoms with E-state index in [9.17, 15) is 26.0 Å². The van der Waals surface area contributed by atoms with E-state index < -0.39 is 33.1 Å². The molecule has 0 fully saturated rings. The van der Waals surface area contributed by atoms with E-state index in [1.165, 1.54) is 24.4 Å². The number of benzene rings is 2. The number of hydrogen-bond donors (Lipinski definition) is 0. The second kappa shape index (κ2) is 11.1. The summed E-state index contributed by atoms with van der Waals surface area (Å²) in [5.41, 5.74) is 1.30. The molecule has 12 heteroatoms. The summed E-state index contributed by atoms with van der Waals surface area (Å²) in [7, 11) is -3.90. The molecular formula is C29H25F4N3O4S. The van der Waals surface area contributed by atoms with Gasteiger partial charge in [-0.25, -0.2) is 27.8 Å². The zero-order valence-electron chi connectivity index (χ0n) is 22.0. The van der Waals surface area contributed by atoms with Gasteiger partial charge in [0.25, 0.3) is 0 Å². The van der Waals surface area contributed by atoms with Gasteiger partial charge in [0, 0.05) is 29.3 Å². The van der Waals surface area contributed by atoms with Crippen LogP contribution in [0.5, 0.6) is 11.6 Å². The van der Waals surface area contributed by atoms with Gasteiger partial charge in [-0.1, -0.05) is 12.1 Å². The summed E-state index contributed by atoms with van der Waals surface area (Å²) in [6.07, 6.45) is -0.950. The van der Waals surface area contributed by atoms with Gasteiger partial charge in [0.2, 0.25) is 5.88 Å². The monoisotopic (exact) mass is 587 g/mol. The molecule has 1 aliphatic heterocycles. The second-order valence-corrected chi connectivity index (χ2v) is 11.8. The summed E-state index contributed by atoms with van der Waals surface area (Å²) in [4.78, 5) is 11.7. The van der Waals surface area contributed by atoms with Gasteiger partial charge in [0.15, 0.2) is 15.7 Å². The number of rotatable bonds is 7. The van der Waals surface area contributed by atoms with Crippen LogP contribution in [0.25, 0.3) is 11.1 Å². The summed E-state index contributed by atoms with van der Waals surface area (Å²) in [6, 6.07) is 11.3. The lowest BCUT2D eigenvalue weighted by molar-refractivity contribution is -0.137. The molecule has 0 N–H and O–H groups in total. The van der Waals surface area contributed by atoms with Crippen molar-refractivity contribution in [2.24, 2.45) is 0 Å². The van der Waals surface area contributed by atoms with Crippen molar-refractivity contribution in [3.63, 3.8) is 0 Å². The first-order valence-corrected chi connectivity index (χ1v) is 14.4. The average molecular weight is 588 g/mol. The van der Waals surface area contributed by atoms with E-state index in [1.54, 1.807) is 18.2 Å². The Morgan fingerprint density at radius 2 is 1.71 bits per heavy atom. The van der Waals surface area contributed by atoms with E-state index in [-0.39, 0.29) is 29.3 Å². The summed E-state index contributed by atoms with van der Waals surface area (Å²) < 4.78 is 91.7. The number of pyridine rings is 1. The molecule has 2 aromatic carbocycles. The molecule has 214 valence electrons. The summed E-state index contributed by atoms with van der Waals surface area (Å²) in [5, 5.41) is 0. The summed E-state index contributed by atoms with van der Waals surface area (Å²) in [6.45, 7) is 3.91. The zero-order valence-corrected chi connectivity index (χ0v) is 22.8. The molecule has 0 saturated carbocycles. The van der Waals surface area contributed by atoms with Gasteiger partial charge in [-0.2, -0.15) is 13.2 Å². The summed E-state index contributed by atoms with van der Waals surface area (Å²) in [5.74, 6) is -0.990. The van der Waals surface area contributed by atoms with Crippen molar-refractivity contribution in [1.29, 1.82) is 0 Å². The Labute approximate surface area is 234 Å². The molecule has 41 heavy (non-hydrogen) atoms. The molecule has 0 bridgehead atoms. The van der Waals surface area contributed by atoms with Crippen LogP contribution in [0.2, 0.25) is 0 Å². The Morgan fingerprint density at radius 1 is 0.976 bits per heavy atom. The maximum Gasteiger partial charge on any atom is 0.416 e. The number of ether oxygens (including phenoxy) is 2. The normalized spacial score (nSPS) is 15.3. The van der Waals surface area contributed by atoms with Crippen LogP contribution in [-0.2, 0) is 21.8 Å². The lowest BCUT2D eigenvalue weighted by Gasteiger charge is -2.29. The third-order valence-electron chi connectivity index (χ3n) is 6.54. The predicted octanol–water partition coefficient (Wildman–Crippen LogP) is 6.37. The van der Waals surface area contributed by atoms with Crippen LogP contribution in [0.1, 0.15) is 48.7 Å².